The second kappa shape index (κ2) is 7.64. The van der Waals surface area contributed by atoms with Crippen molar-refractivity contribution in [2.45, 2.75) is 25.3 Å². The molecule has 2 rings (SSSR count). The molecule has 0 aliphatic carbocycles. The van der Waals surface area contributed by atoms with E-state index in [-0.39, 0.29) is 5.91 Å². The maximum atomic E-state index is 13.1. The van der Waals surface area contributed by atoms with E-state index in [1.165, 1.54) is 0 Å². The molecule has 5 nitrogen and oxygen atoms in total. The molecule has 2 heterocycles. The summed E-state index contributed by atoms with van der Waals surface area (Å²) in [5.41, 5.74) is 5.55. The smallest absolute Gasteiger partial charge is 0.230 e. The average molecular weight is 302 g/mol. The summed E-state index contributed by atoms with van der Waals surface area (Å²) in [6.07, 6.45) is 2.56. The minimum absolute atomic E-state index is 0.216. The van der Waals surface area contributed by atoms with Crippen LogP contribution in [-0.4, -0.2) is 68.4 Å². The molecule has 2 fully saturated rings. The van der Waals surface area contributed by atoms with Crippen LogP contribution in [-0.2, 0) is 14.3 Å². The van der Waals surface area contributed by atoms with Crippen molar-refractivity contribution >= 4 is 17.7 Å². The van der Waals surface area contributed by atoms with Gasteiger partial charge in [0.05, 0.1) is 12.0 Å². The number of nitrogens with zero attached hydrogens (tertiary/aromatic N) is 1. The lowest BCUT2D eigenvalue weighted by molar-refractivity contribution is -0.150. The van der Waals surface area contributed by atoms with Gasteiger partial charge in [-0.05, 0) is 25.0 Å². The van der Waals surface area contributed by atoms with Gasteiger partial charge in [-0.3, -0.25) is 4.79 Å². The molecule has 0 radical (unpaired) electrons. The number of carbonyl (C=O) groups is 1. The van der Waals surface area contributed by atoms with Gasteiger partial charge in [-0.15, -0.1) is 0 Å². The van der Waals surface area contributed by atoms with Crippen LogP contribution in [0.3, 0.4) is 0 Å². The Labute approximate surface area is 125 Å². The van der Waals surface area contributed by atoms with Crippen molar-refractivity contribution in [3.63, 3.8) is 0 Å². The van der Waals surface area contributed by atoms with Gasteiger partial charge in [0.1, 0.15) is 0 Å². The van der Waals surface area contributed by atoms with Gasteiger partial charge in [-0.25, -0.2) is 0 Å². The van der Waals surface area contributed by atoms with E-state index in [1.54, 1.807) is 7.11 Å². The maximum absolute atomic E-state index is 13.1. The highest BCUT2D eigenvalue weighted by Gasteiger charge is 2.43. The normalized spacial score (nSPS) is 25.6. The molecule has 2 N–H and O–H groups in total. The SMILES string of the molecule is COCCN(C(=O)C1(CN)CCOCC1)C1CCSC1. The summed E-state index contributed by atoms with van der Waals surface area (Å²) in [5.74, 6) is 2.39. The lowest BCUT2D eigenvalue weighted by atomic mass is 9.78. The molecular formula is C14H26N2O3S. The van der Waals surface area contributed by atoms with Gasteiger partial charge in [0, 0.05) is 45.2 Å². The van der Waals surface area contributed by atoms with Gasteiger partial charge in [0.15, 0.2) is 0 Å². The van der Waals surface area contributed by atoms with Gasteiger partial charge in [-0.1, -0.05) is 0 Å². The van der Waals surface area contributed by atoms with E-state index >= 15 is 0 Å². The predicted octanol–water partition coefficient (Wildman–Crippen LogP) is 0.722. The molecule has 2 aliphatic rings. The van der Waals surface area contributed by atoms with E-state index < -0.39 is 5.41 Å². The molecule has 0 aromatic heterocycles. The Hall–Kier alpha value is -0.300. The molecular weight excluding hydrogens is 276 g/mol. The van der Waals surface area contributed by atoms with Crippen LogP contribution in [0.4, 0.5) is 0 Å². The molecule has 1 atom stereocenters. The van der Waals surface area contributed by atoms with E-state index in [0.29, 0.717) is 39.0 Å². The number of ether oxygens (including phenoxy) is 2. The Balaban J connectivity index is 2.10. The highest BCUT2D eigenvalue weighted by Crippen LogP contribution is 2.34. The molecule has 0 saturated carbocycles. The zero-order chi connectivity index (χ0) is 14.4. The van der Waals surface area contributed by atoms with Crippen molar-refractivity contribution in [2.75, 3.05) is 51.5 Å². The van der Waals surface area contributed by atoms with Crippen molar-refractivity contribution in [2.24, 2.45) is 11.1 Å². The van der Waals surface area contributed by atoms with Gasteiger partial charge in [-0.2, -0.15) is 11.8 Å². The number of methoxy groups -OCH3 is 1. The fourth-order valence-electron chi connectivity index (χ4n) is 2.98. The van der Waals surface area contributed by atoms with E-state index in [9.17, 15) is 4.79 Å². The zero-order valence-corrected chi connectivity index (χ0v) is 13.1. The standard InChI is InChI=1S/C14H26N2O3S/c1-18-8-5-16(12-2-9-20-10-12)13(17)14(11-15)3-6-19-7-4-14/h12H,2-11,15H2,1H3. The minimum atomic E-state index is -0.417. The molecule has 116 valence electrons. The highest BCUT2D eigenvalue weighted by atomic mass is 32.2. The highest BCUT2D eigenvalue weighted by molar-refractivity contribution is 7.99. The van der Waals surface area contributed by atoms with Crippen LogP contribution < -0.4 is 5.73 Å². The van der Waals surface area contributed by atoms with Crippen LogP contribution in [0.5, 0.6) is 0 Å². The third-order valence-corrected chi connectivity index (χ3v) is 5.58. The monoisotopic (exact) mass is 302 g/mol. The molecule has 0 spiro atoms. The molecule has 20 heavy (non-hydrogen) atoms. The molecule has 0 bridgehead atoms. The second-order valence-electron chi connectivity index (χ2n) is 5.61. The van der Waals surface area contributed by atoms with Crippen LogP contribution in [0.2, 0.25) is 0 Å². The van der Waals surface area contributed by atoms with Crippen LogP contribution in [0, 0.1) is 5.41 Å². The van der Waals surface area contributed by atoms with Crippen molar-refractivity contribution in [3.8, 4) is 0 Å². The third kappa shape index (κ3) is 3.47. The van der Waals surface area contributed by atoms with Gasteiger partial charge in [0.2, 0.25) is 5.91 Å². The van der Waals surface area contributed by atoms with Crippen LogP contribution in [0.1, 0.15) is 19.3 Å². The molecule has 2 saturated heterocycles. The van der Waals surface area contributed by atoms with Crippen molar-refractivity contribution in [1.29, 1.82) is 0 Å². The molecule has 2 aliphatic heterocycles. The largest absolute Gasteiger partial charge is 0.383 e. The Morgan fingerprint density at radius 3 is 2.80 bits per heavy atom. The van der Waals surface area contributed by atoms with Gasteiger partial charge >= 0.3 is 0 Å². The van der Waals surface area contributed by atoms with Crippen LogP contribution >= 0.6 is 11.8 Å². The van der Waals surface area contributed by atoms with Crippen LogP contribution in [0.15, 0.2) is 0 Å². The lowest BCUT2D eigenvalue weighted by Gasteiger charge is -2.41. The van der Waals surface area contributed by atoms with Crippen molar-refractivity contribution < 1.29 is 14.3 Å². The van der Waals surface area contributed by atoms with Crippen LogP contribution in [0.25, 0.3) is 0 Å². The first-order chi connectivity index (χ1) is 9.73. The summed E-state index contributed by atoms with van der Waals surface area (Å²) in [6.45, 7) is 2.95. The quantitative estimate of drug-likeness (QED) is 0.783. The Morgan fingerprint density at radius 1 is 1.50 bits per heavy atom. The Kier molecular flexibility index (Phi) is 6.14. The second-order valence-corrected chi connectivity index (χ2v) is 6.76. The average Bonchev–Trinajstić information content (AvgIpc) is 3.02. The molecule has 0 aromatic rings. The third-order valence-electron chi connectivity index (χ3n) is 4.44. The molecule has 1 amide bonds. The van der Waals surface area contributed by atoms with Crippen molar-refractivity contribution in [3.05, 3.63) is 0 Å². The fourth-order valence-corrected chi connectivity index (χ4v) is 4.20. The predicted molar refractivity (Wildman–Crippen MR) is 80.9 cm³/mol. The summed E-state index contributed by atoms with van der Waals surface area (Å²) in [7, 11) is 1.68. The summed E-state index contributed by atoms with van der Waals surface area (Å²) in [6, 6.07) is 0.342. The first kappa shape index (κ1) is 16.1. The number of amides is 1. The summed E-state index contributed by atoms with van der Waals surface area (Å²) < 4.78 is 10.6. The lowest BCUT2D eigenvalue weighted by Crippen LogP contribution is -2.54. The first-order valence-electron chi connectivity index (χ1n) is 7.39. The summed E-state index contributed by atoms with van der Waals surface area (Å²) >= 11 is 1.92. The molecule has 0 aromatic carbocycles. The Bertz CT molecular complexity index is 316. The number of hydrogen-bond donors (Lipinski definition) is 1. The maximum Gasteiger partial charge on any atom is 0.230 e. The summed E-state index contributed by atoms with van der Waals surface area (Å²) in [5, 5.41) is 0. The minimum Gasteiger partial charge on any atom is -0.383 e. The molecule has 1 unspecified atom stereocenters. The Morgan fingerprint density at radius 2 is 2.25 bits per heavy atom. The topological polar surface area (TPSA) is 64.8 Å². The molecule has 6 heteroatoms. The number of thioether (sulfide) groups is 1. The van der Waals surface area contributed by atoms with E-state index in [1.807, 2.05) is 16.7 Å². The zero-order valence-electron chi connectivity index (χ0n) is 12.3. The number of carbonyl (C=O) groups excluding carboxylic acids is 1. The number of rotatable bonds is 6. The number of hydrogen-bond acceptors (Lipinski definition) is 5. The van der Waals surface area contributed by atoms with Crippen molar-refractivity contribution in [1.82, 2.24) is 4.90 Å². The van der Waals surface area contributed by atoms with E-state index in [0.717, 1.165) is 30.8 Å². The van der Waals surface area contributed by atoms with Gasteiger partial charge < -0.3 is 20.1 Å². The fraction of sp³-hybridized carbons (Fsp3) is 0.929. The summed E-state index contributed by atoms with van der Waals surface area (Å²) in [4.78, 5) is 15.1. The first-order valence-corrected chi connectivity index (χ1v) is 8.54. The number of nitrogens with two attached hydrogens (primary N) is 1. The van der Waals surface area contributed by atoms with Gasteiger partial charge in [0.25, 0.3) is 0 Å². The van der Waals surface area contributed by atoms with E-state index in [4.69, 9.17) is 15.2 Å². The van der Waals surface area contributed by atoms with E-state index in [2.05, 4.69) is 0 Å².